The molecule has 1 aromatic rings. The lowest BCUT2D eigenvalue weighted by molar-refractivity contribution is 0.256. The van der Waals surface area contributed by atoms with Gasteiger partial charge in [0.15, 0.2) is 0 Å². The maximum absolute atomic E-state index is 5.78. The Morgan fingerprint density at radius 1 is 1.12 bits per heavy atom. The van der Waals surface area contributed by atoms with Crippen LogP contribution in [0.4, 0.5) is 0 Å². The highest BCUT2D eigenvalue weighted by Crippen LogP contribution is 2.17. The van der Waals surface area contributed by atoms with E-state index in [1.807, 2.05) is 0 Å². The highest BCUT2D eigenvalue weighted by atomic mass is 35.5. The van der Waals surface area contributed by atoms with Crippen molar-refractivity contribution in [1.82, 2.24) is 15.1 Å². The fourth-order valence-electron chi connectivity index (χ4n) is 1.52. The minimum Gasteiger partial charge on any atom is -0.297 e. The Kier molecular flexibility index (Phi) is 6.92. The summed E-state index contributed by atoms with van der Waals surface area (Å²) >= 11 is 7.26. The molecule has 1 aromatic heterocycles. The molecule has 5 heteroatoms. The first kappa shape index (κ1) is 13.9. The second-order valence-corrected chi connectivity index (χ2v) is 5.58. The molecule has 0 atom stereocenters. The topological polar surface area (TPSA) is 29.0 Å². The first-order valence-electron chi connectivity index (χ1n) is 5.96. The summed E-state index contributed by atoms with van der Waals surface area (Å²) in [5.74, 6) is 0. The fraction of sp³-hybridized carbons (Fsp3) is 0.818. The van der Waals surface area contributed by atoms with E-state index in [1.165, 1.54) is 37.0 Å². The molecule has 0 radical (unpaired) electrons. The predicted octanol–water partition coefficient (Wildman–Crippen LogP) is 3.59. The smallest absolute Gasteiger partial charge is 0.207 e. The predicted molar refractivity (Wildman–Crippen MR) is 70.0 cm³/mol. The van der Waals surface area contributed by atoms with Gasteiger partial charge in [-0.1, -0.05) is 38.0 Å². The van der Waals surface area contributed by atoms with Gasteiger partial charge in [-0.05, 0) is 37.5 Å². The van der Waals surface area contributed by atoms with Crippen molar-refractivity contribution in [2.24, 2.45) is 0 Å². The van der Waals surface area contributed by atoms with Crippen molar-refractivity contribution in [3.05, 3.63) is 9.47 Å². The van der Waals surface area contributed by atoms with Gasteiger partial charge in [0, 0.05) is 0 Å². The molecule has 0 spiro atoms. The van der Waals surface area contributed by atoms with Crippen LogP contribution in [0.5, 0.6) is 0 Å². The Morgan fingerprint density at radius 2 is 1.75 bits per heavy atom. The SMILES string of the molecule is CCCCN(CCCC)Cc1nnc(Cl)s1. The van der Waals surface area contributed by atoms with Gasteiger partial charge in [-0.2, -0.15) is 0 Å². The molecule has 3 nitrogen and oxygen atoms in total. The van der Waals surface area contributed by atoms with Crippen molar-refractivity contribution in [3.63, 3.8) is 0 Å². The molecule has 0 aliphatic heterocycles. The molecule has 0 aromatic carbocycles. The molecule has 0 aliphatic carbocycles. The van der Waals surface area contributed by atoms with Gasteiger partial charge in [-0.15, -0.1) is 10.2 Å². The van der Waals surface area contributed by atoms with E-state index in [2.05, 4.69) is 28.9 Å². The molecule has 1 heterocycles. The fourth-order valence-corrected chi connectivity index (χ4v) is 2.43. The average molecular weight is 262 g/mol. The van der Waals surface area contributed by atoms with Gasteiger partial charge in [-0.3, -0.25) is 4.90 Å². The summed E-state index contributed by atoms with van der Waals surface area (Å²) in [6.45, 7) is 7.63. The first-order valence-corrected chi connectivity index (χ1v) is 7.16. The first-order chi connectivity index (χ1) is 7.76. The Labute approximate surface area is 107 Å². The third kappa shape index (κ3) is 5.23. The third-order valence-corrected chi connectivity index (χ3v) is 3.46. The Balaban J connectivity index is 2.41. The molecule has 0 unspecified atom stereocenters. The molecule has 0 saturated carbocycles. The normalized spacial score (nSPS) is 11.2. The van der Waals surface area contributed by atoms with Crippen LogP contribution in [0.2, 0.25) is 4.47 Å². The minimum absolute atomic E-state index is 0.543. The number of hydrogen-bond acceptors (Lipinski definition) is 4. The number of unbranched alkanes of at least 4 members (excludes halogenated alkanes) is 2. The molecule has 0 amide bonds. The zero-order chi connectivity index (χ0) is 11.8. The molecular weight excluding hydrogens is 242 g/mol. The van der Waals surface area contributed by atoms with Gasteiger partial charge >= 0.3 is 0 Å². The van der Waals surface area contributed by atoms with Crippen molar-refractivity contribution >= 4 is 22.9 Å². The second kappa shape index (κ2) is 7.98. The van der Waals surface area contributed by atoms with Gasteiger partial charge in [0.1, 0.15) is 5.01 Å². The molecule has 1 rings (SSSR count). The standard InChI is InChI=1S/C11H20ClN3S/c1-3-5-7-15(8-6-4-2)9-10-13-14-11(12)16-10/h3-9H2,1-2H3. The Morgan fingerprint density at radius 3 is 2.19 bits per heavy atom. The van der Waals surface area contributed by atoms with Crippen LogP contribution in [0.25, 0.3) is 0 Å². The molecule has 0 aliphatic rings. The van der Waals surface area contributed by atoms with E-state index in [1.54, 1.807) is 0 Å². The zero-order valence-corrected chi connectivity index (χ0v) is 11.7. The molecular formula is C11H20ClN3S. The molecule has 0 bridgehead atoms. The largest absolute Gasteiger partial charge is 0.297 e. The van der Waals surface area contributed by atoms with Crippen molar-refractivity contribution in [1.29, 1.82) is 0 Å². The van der Waals surface area contributed by atoms with E-state index >= 15 is 0 Å². The lowest BCUT2D eigenvalue weighted by Crippen LogP contribution is -2.25. The minimum atomic E-state index is 0.543. The van der Waals surface area contributed by atoms with E-state index in [-0.39, 0.29) is 0 Å². The third-order valence-electron chi connectivity index (χ3n) is 2.46. The number of rotatable bonds is 8. The van der Waals surface area contributed by atoms with Gasteiger partial charge < -0.3 is 0 Å². The summed E-state index contributed by atoms with van der Waals surface area (Å²) in [7, 11) is 0. The molecule has 92 valence electrons. The quantitative estimate of drug-likeness (QED) is 0.716. The van der Waals surface area contributed by atoms with Crippen LogP contribution in [0, 0.1) is 0 Å². The summed E-state index contributed by atoms with van der Waals surface area (Å²) < 4.78 is 0.543. The Bertz CT molecular complexity index is 283. The zero-order valence-electron chi connectivity index (χ0n) is 10.1. The summed E-state index contributed by atoms with van der Waals surface area (Å²) in [5, 5.41) is 8.93. The van der Waals surface area contributed by atoms with Crippen molar-refractivity contribution in [3.8, 4) is 0 Å². The monoisotopic (exact) mass is 261 g/mol. The van der Waals surface area contributed by atoms with Crippen LogP contribution in [-0.4, -0.2) is 28.2 Å². The van der Waals surface area contributed by atoms with E-state index in [0.717, 1.165) is 24.6 Å². The van der Waals surface area contributed by atoms with E-state index in [0.29, 0.717) is 4.47 Å². The number of halogens is 1. The van der Waals surface area contributed by atoms with Gasteiger partial charge in [-0.25, -0.2) is 0 Å². The maximum atomic E-state index is 5.78. The maximum Gasteiger partial charge on any atom is 0.207 e. The number of nitrogens with zero attached hydrogens (tertiary/aromatic N) is 3. The van der Waals surface area contributed by atoms with Crippen LogP contribution >= 0.6 is 22.9 Å². The van der Waals surface area contributed by atoms with Crippen LogP contribution < -0.4 is 0 Å². The van der Waals surface area contributed by atoms with Crippen LogP contribution in [-0.2, 0) is 6.54 Å². The second-order valence-electron chi connectivity index (χ2n) is 3.93. The average Bonchev–Trinajstić information content (AvgIpc) is 2.68. The van der Waals surface area contributed by atoms with Crippen molar-refractivity contribution in [2.45, 2.75) is 46.1 Å². The number of hydrogen-bond donors (Lipinski definition) is 0. The van der Waals surface area contributed by atoms with Crippen LogP contribution in [0.1, 0.15) is 44.5 Å². The molecule has 0 N–H and O–H groups in total. The van der Waals surface area contributed by atoms with Gasteiger partial charge in [0.25, 0.3) is 0 Å². The lowest BCUT2D eigenvalue weighted by Gasteiger charge is -2.20. The van der Waals surface area contributed by atoms with E-state index < -0.39 is 0 Å². The lowest BCUT2D eigenvalue weighted by atomic mass is 10.2. The summed E-state index contributed by atoms with van der Waals surface area (Å²) in [4.78, 5) is 2.45. The molecule has 16 heavy (non-hydrogen) atoms. The summed E-state index contributed by atoms with van der Waals surface area (Å²) in [6, 6.07) is 0. The Hall–Kier alpha value is -0.190. The summed E-state index contributed by atoms with van der Waals surface area (Å²) in [5.41, 5.74) is 0. The highest BCUT2D eigenvalue weighted by Gasteiger charge is 2.08. The van der Waals surface area contributed by atoms with Gasteiger partial charge in [0.2, 0.25) is 4.47 Å². The van der Waals surface area contributed by atoms with Crippen LogP contribution in [0.15, 0.2) is 0 Å². The molecule has 0 fully saturated rings. The van der Waals surface area contributed by atoms with Crippen molar-refractivity contribution in [2.75, 3.05) is 13.1 Å². The molecule has 0 saturated heterocycles. The number of aromatic nitrogens is 2. The van der Waals surface area contributed by atoms with Gasteiger partial charge in [0.05, 0.1) is 6.54 Å². The highest BCUT2D eigenvalue weighted by molar-refractivity contribution is 7.15. The van der Waals surface area contributed by atoms with Crippen molar-refractivity contribution < 1.29 is 0 Å². The van der Waals surface area contributed by atoms with E-state index in [4.69, 9.17) is 11.6 Å². The summed E-state index contributed by atoms with van der Waals surface area (Å²) in [6.07, 6.45) is 4.96. The van der Waals surface area contributed by atoms with Crippen LogP contribution in [0.3, 0.4) is 0 Å². The van der Waals surface area contributed by atoms with E-state index in [9.17, 15) is 0 Å².